The van der Waals surface area contributed by atoms with E-state index in [0.717, 1.165) is 6.54 Å². The molecule has 0 bridgehead atoms. The number of nitrogens with two attached hydrogens (primary N) is 1. The summed E-state index contributed by atoms with van der Waals surface area (Å²) >= 11 is 0. The summed E-state index contributed by atoms with van der Waals surface area (Å²) in [5.74, 6) is 0.568. The Bertz CT molecular complexity index is 338. The second kappa shape index (κ2) is 4.40. The normalized spacial score (nSPS) is 11.4. The van der Waals surface area contributed by atoms with Crippen molar-refractivity contribution in [2.75, 3.05) is 18.5 Å². The van der Waals surface area contributed by atoms with Gasteiger partial charge in [0.1, 0.15) is 0 Å². The van der Waals surface area contributed by atoms with Crippen LogP contribution in [0.15, 0.2) is 17.5 Å². The van der Waals surface area contributed by atoms with Crippen LogP contribution in [-0.4, -0.2) is 34.6 Å². The highest BCUT2D eigenvalue weighted by Gasteiger charge is 2.12. The summed E-state index contributed by atoms with van der Waals surface area (Å²) in [5.41, 5.74) is 5.85. The molecule has 6 heteroatoms. The Labute approximate surface area is 82.1 Å². The Kier molecular flexibility index (Phi) is 3.22. The molecule has 76 valence electrons. The van der Waals surface area contributed by atoms with Crippen molar-refractivity contribution in [2.24, 2.45) is 10.9 Å². The predicted octanol–water partition coefficient (Wildman–Crippen LogP) is 0.0272. The molecule has 0 aromatic carbocycles. The van der Waals surface area contributed by atoms with Crippen molar-refractivity contribution in [3.05, 3.63) is 18.1 Å². The third-order valence-corrected chi connectivity index (χ3v) is 1.87. The summed E-state index contributed by atoms with van der Waals surface area (Å²) in [6, 6.07) is 0. The van der Waals surface area contributed by atoms with E-state index in [4.69, 9.17) is 10.9 Å². The lowest BCUT2D eigenvalue weighted by molar-refractivity contribution is 0.318. The van der Waals surface area contributed by atoms with Crippen LogP contribution in [0.5, 0.6) is 0 Å². The third-order valence-electron chi connectivity index (χ3n) is 1.87. The Hall–Kier alpha value is -1.85. The molecule has 6 nitrogen and oxygen atoms in total. The molecule has 0 aliphatic rings. The van der Waals surface area contributed by atoms with Crippen LogP contribution in [-0.2, 0) is 0 Å². The van der Waals surface area contributed by atoms with E-state index in [9.17, 15) is 0 Å². The van der Waals surface area contributed by atoms with Crippen LogP contribution in [0.4, 0.5) is 5.82 Å². The van der Waals surface area contributed by atoms with Gasteiger partial charge < -0.3 is 15.8 Å². The number of hydrogen-bond acceptors (Lipinski definition) is 5. The molecule has 3 N–H and O–H groups in total. The van der Waals surface area contributed by atoms with E-state index in [1.165, 1.54) is 6.20 Å². The molecule has 0 saturated heterocycles. The second-order valence-electron chi connectivity index (χ2n) is 2.73. The minimum Gasteiger partial charge on any atom is -0.409 e. The van der Waals surface area contributed by atoms with Gasteiger partial charge in [0.2, 0.25) is 0 Å². The summed E-state index contributed by atoms with van der Waals surface area (Å²) in [6.07, 6.45) is 3.07. The number of nitrogens with zero attached hydrogens (tertiary/aromatic N) is 4. The summed E-state index contributed by atoms with van der Waals surface area (Å²) in [5, 5.41) is 11.4. The molecule has 0 atom stereocenters. The first kappa shape index (κ1) is 10.2. The molecule has 0 aliphatic carbocycles. The van der Waals surface area contributed by atoms with Crippen molar-refractivity contribution in [1.82, 2.24) is 9.97 Å². The molecule has 1 heterocycles. The van der Waals surface area contributed by atoms with Crippen LogP contribution in [0, 0.1) is 0 Å². The van der Waals surface area contributed by atoms with Gasteiger partial charge >= 0.3 is 0 Å². The summed E-state index contributed by atoms with van der Waals surface area (Å²) in [7, 11) is 1.86. The fourth-order valence-electron chi connectivity index (χ4n) is 0.988. The van der Waals surface area contributed by atoms with Crippen LogP contribution in [0.2, 0.25) is 0 Å². The maximum atomic E-state index is 8.54. The molecule has 0 unspecified atom stereocenters. The molecule has 1 aromatic rings. The van der Waals surface area contributed by atoms with Gasteiger partial charge in [0, 0.05) is 26.0 Å². The van der Waals surface area contributed by atoms with E-state index in [-0.39, 0.29) is 5.84 Å². The van der Waals surface area contributed by atoms with E-state index >= 15 is 0 Å². The molecule has 0 fully saturated rings. The van der Waals surface area contributed by atoms with Gasteiger partial charge in [0.15, 0.2) is 17.3 Å². The van der Waals surface area contributed by atoms with Gasteiger partial charge in [-0.1, -0.05) is 5.16 Å². The van der Waals surface area contributed by atoms with Gasteiger partial charge in [-0.15, -0.1) is 0 Å². The largest absolute Gasteiger partial charge is 0.409 e. The summed E-state index contributed by atoms with van der Waals surface area (Å²) in [4.78, 5) is 9.97. The highest BCUT2D eigenvalue weighted by Crippen LogP contribution is 2.11. The summed E-state index contributed by atoms with van der Waals surface area (Å²) in [6.45, 7) is 2.75. The first-order chi connectivity index (χ1) is 6.70. The highest BCUT2D eigenvalue weighted by atomic mass is 16.4. The van der Waals surface area contributed by atoms with Gasteiger partial charge in [0.25, 0.3) is 0 Å². The van der Waals surface area contributed by atoms with Gasteiger partial charge in [-0.2, -0.15) is 0 Å². The number of rotatable bonds is 3. The fourth-order valence-corrected chi connectivity index (χ4v) is 0.988. The highest BCUT2D eigenvalue weighted by molar-refractivity contribution is 5.99. The summed E-state index contributed by atoms with van der Waals surface area (Å²) < 4.78 is 0. The van der Waals surface area contributed by atoms with Crippen LogP contribution in [0.1, 0.15) is 12.6 Å². The average Bonchev–Trinajstić information content (AvgIpc) is 2.27. The second-order valence-corrected chi connectivity index (χ2v) is 2.73. The quantitative estimate of drug-likeness (QED) is 0.307. The number of oxime groups is 1. The van der Waals surface area contributed by atoms with Crippen LogP contribution in [0.3, 0.4) is 0 Å². The number of aromatic nitrogens is 2. The molecule has 0 amide bonds. The Morgan fingerprint density at radius 1 is 1.57 bits per heavy atom. The Balaban J connectivity index is 3.16. The van der Waals surface area contributed by atoms with Crippen LogP contribution >= 0.6 is 0 Å². The molecule has 0 radical (unpaired) electrons. The average molecular weight is 195 g/mol. The van der Waals surface area contributed by atoms with E-state index in [1.807, 2.05) is 18.9 Å². The van der Waals surface area contributed by atoms with E-state index in [0.29, 0.717) is 11.5 Å². The van der Waals surface area contributed by atoms with E-state index in [2.05, 4.69) is 15.1 Å². The van der Waals surface area contributed by atoms with Crippen LogP contribution < -0.4 is 10.6 Å². The molecule has 0 saturated carbocycles. The molecular formula is C8H13N5O. The SMILES string of the molecule is CCN(C)c1nccnc1C(N)=NO. The van der Waals surface area contributed by atoms with Crippen molar-refractivity contribution >= 4 is 11.7 Å². The fraction of sp³-hybridized carbons (Fsp3) is 0.375. The van der Waals surface area contributed by atoms with E-state index in [1.54, 1.807) is 6.20 Å². The van der Waals surface area contributed by atoms with Gasteiger partial charge in [-0.25, -0.2) is 9.97 Å². The van der Waals surface area contributed by atoms with Crippen molar-refractivity contribution in [3.63, 3.8) is 0 Å². The van der Waals surface area contributed by atoms with Crippen molar-refractivity contribution in [3.8, 4) is 0 Å². The van der Waals surface area contributed by atoms with Crippen molar-refractivity contribution in [2.45, 2.75) is 6.92 Å². The molecule has 0 aliphatic heterocycles. The predicted molar refractivity (Wildman–Crippen MR) is 53.5 cm³/mol. The Morgan fingerprint density at radius 2 is 2.21 bits per heavy atom. The Morgan fingerprint density at radius 3 is 2.79 bits per heavy atom. The molecule has 0 spiro atoms. The van der Waals surface area contributed by atoms with Crippen LogP contribution in [0.25, 0.3) is 0 Å². The third kappa shape index (κ3) is 1.90. The first-order valence-corrected chi connectivity index (χ1v) is 4.20. The lowest BCUT2D eigenvalue weighted by Crippen LogP contribution is -2.24. The zero-order valence-electron chi connectivity index (χ0n) is 8.18. The maximum Gasteiger partial charge on any atom is 0.192 e. The zero-order chi connectivity index (χ0) is 10.6. The lowest BCUT2D eigenvalue weighted by Gasteiger charge is -2.17. The topological polar surface area (TPSA) is 87.6 Å². The minimum absolute atomic E-state index is 0.0339. The monoisotopic (exact) mass is 195 g/mol. The standard InChI is InChI=1S/C8H13N5O/c1-3-13(2)8-6(7(9)12-14)10-4-5-11-8/h4-5,14H,3H2,1-2H3,(H2,9,12). The van der Waals surface area contributed by atoms with E-state index < -0.39 is 0 Å². The lowest BCUT2D eigenvalue weighted by atomic mass is 10.3. The minimum atomic E-state index is -0.0339. The first-order valence-electron chi connectivity index (χ1n) is 4.20. The van der Waals surface area contributed by atoms with Crippen molar-refractivity contribution in [1.29, 1.82) is 0 Å². The zero-order valence-corrected chi connectivity index (χ0v) is 8.18. The number of anilines is 1. The van der Waals surface area contributed by atoms with Gasteiger partial charge in [-0.05, 0) is 6.92 Å². The van der Waals surface area contributed by atoms with Gasteiger partial charge in [-0.3, -0.25) is 0 Å². The van der Waals surface area contributed by atoms with Gasteiger partial charge in [0.05, 0.1) is 0 Å². The molecule has 14 heavy (non-hydrogen) atoms. The smallest absolute Gasteiger partial charge is 0.192 e. The molecule has 1 rings (SSSR count). The molecular weight excluding hydrogens is 182 g/mol. The maximum absolute atomic E-state index is 8.54. The number of amidine groups is 1. The number of hydrogen-bond donors (Lipinski definition) is 2. The molecule has 1 aromatic heterocycles. The van der Waals surface area contributed by atoms with Crippen molar-refractivity contribution < 1.29 is 5.21 Å².